The standard InChI is InChI=1S/C13H16N4O2/c18-13-12-15-14-8-17(12)11-7-19-5-4-10(11)16(13)6-9-2-1-3-9/h8-9H,1-7H2. The van der Waals surface area contributed by atoms with E-state index in [0.29, 0.717) is 24.8 Å². The van der Waals surface area contributed by atoms with Gasteiger partial charge in [0.25, 0.3) is 5.56 Å². The van der Waals surface area contributed by atoms with Crippen LogP contribution in [-0.2, 0) is 24.3 Å². The van der Waals surface area contributed by atoms with E-state index in [2.05, 4.69) is 10.2 Å². The summed E-state index contributed by atoms with van der Waals surface area (Å²) in [4.78, 5) is 12.5. The molecule has 0 aromatic carbocycles. The summed E-state index contributed by atoms with van der Waals surface area (Å²) in [7, 11) is 0. The van der Waals surface area contributed by atoms with Crippen LogP contribution in [0.2, 0.25) is 0 Å². The second-order valence-electron chi connectivity index (χ2n) is 5.43. The Balaban J connectivity index is 1.93. The molecule has 1 aliphatic heterocycles. The highest BCUT2D eigenvalue weighted by atomic mass is 16.5. The first kappa shape index (κ1) is 11.2. The minimum atomic E-state index is -0.00921. The molecular formula is C13H16N4O2. The first-order valence-corrected chi connectivity index (χ1v) is 6.86. The number of ether oxygens (including phenoxy) is 1. The van der Waals surface area contributed by atoms with Gasteiger partial charge in [-0.3, -0.25) is 9.20 Å². The van der Waals surface area contributed by atoms with Crippen LogP contribution in [0.15, 0.2) is 11.1 Å². The Hall–Kier alpha value is -1.69. The minimum absolute atomic E-state index is 0.00921. The molecule has 0 unspecified atom stereocenters. The molecule has 1 aliphatic carbocycles. The van der Waals surface area contributed by atoms with Gasteiger partial charge in [0.15, 0.2) is 0 Å². The lowest BCUT2D eigenvalue weighted by molar-refractivity contribution is 0.101. The molecular weight excluding hydrogens is 244 g/mol. The van der Waals surface area contributed by atoms with Gasteiger partial charge in [0.05, 0.1) is 18.9 Å². The SMILES string of the molecule is O=c1c2nncn2c2c(n1CC1CCC1)CCOC2. The summed E-state index contributed by atoms with van der Waals surface area (Å²) in [6.45, 7) is 2.05. The molecule has 100 valence electrons. The van der Waals surface area contributed by atoms with E-state index in [1.54, 1.807) is 10.7 Å². The maximum Gasteiger partial charge on any atom is 0.296 e. The monoisotopic (exact) mass is 260 g/mol. The van der Waals surface area contributed by atoms with Crippen molar-refractivity contribution in [2.75, 3.05) is 6.61 Å². The van der Waals surface area contributed by atoms with Crippen LogP contribution in [-0.4, -0.2) is 25.8 Å². The molecule has 0 saturated heterocycles. The van der Waals surface area contributed by atoms with Crippen LogP contribution in [0.4, 0.5) is 0 Å². The van der Waals surface area contributed by atoms with Crippen LogP contribution in [0.5, 0.6) is 0 Å². The predicted octanol–water partition coefficient (Wildman–Crippen LogP) is 0.764. The molecule has 19 heavy (non-hydrogen) atoms. The van der Waals surface area contributed by atoms with Gasteiger partial charge in [-0.15, -0.1) is 10.2 Å². The number of hydrogen-bond acceptors (Lipinski definition) is 4. The van der Waals surface area contributed by atoms with Crippen LogP contribution >= 0.6 is 0 Å². The van der Waals surface area contributed by atoms with Gasteiger partial charge >= 0.3 is 0 Å². The van der Waals surface area contributed by atoms with Crippen LogP contribution in [0.25, 0.3) is 5.65 Å². The van der Waals surface area contributed by atoms with Crippen molar-refractivity contribution in [2.24, 2.45) is 5.92 Å². The van der Waals surface area contributed by atoms with Crippen LogP contribution in [0.3, 0.4) is 0 Å². The molecule has 6 heteroatoms. The third-order valence-corrected chi connectivity index (χ3v) is 4.32. The number of rotatable bonds is 2. The molecule has 3 heterocycles. The highest BCUT2D eigenvalue weighted by molar-refractivity contribution is 5.38. The van der Waals surface area contributed by atoms with E-state index in [9.17, 15) is 4.79 Å². The summed E-state index contributed by atoms with van der Waals surface area (Å²) < 4.78 is 9.23. The Labute approximate surface area is 110 Å². The maximum absolute atomic E-state index is 12.5. The number of fused-ring (bicyclic) bond motifs is 3. The Kier molecular flexibility index (Phi) is 2.44. The fraction of sp³-hybridized carbons (Fsp3) is 0.615. The van der Waals surface area contributed by atoms with E-state index in [0.717, 1.165) is 24.4 Å². The Bertz CT molecular complexity index is 684. The molecule has 2 aliphatic rings. The fourth-order valence-electron chi connectivity index (χ4n) is 3.01. The molecule has 0 amide bonds. The van der Waals surface area contributed by atoms with E-state index in [1.807, 2.05) is 4.57 Å². The summed E-state index contributed by atoms with van der Waals surface area (Å²) in [6.07, 6.45) is 6.16. The Morgan fingerprint density at radius 1 is 1.37 bits per heavy atom. The molecule has 1 saturated carbocycles. The molecule has 6 nitrogen and oxygen atoms in total. The molecule has 0 spiro atoms. The molecule has 0 atom stereocenters. The van der Waals surface area contributed by atoms with Gasteiger partial charge in [0, 0.05) is 18.7 Å². The Morgan fingerprint density at radius 3 is 3.05 bits per heavy atom. The van der Waals surface area contributed by atoms with E-state index in [4.69, 9.17) is 4.74 Å². The van der Waals surface area contributed by atoms with Gasteiger partial charge in [-0.05, 0) is 18.8 Å². The summed E-state index contributed by atoms with van der Waals surface area (Å²) >= 11 is 0. The average Bonchev–Trinajstić information content (AvgIpc) is 2.86. The molecule has 2 aromatic rings. The van der Waals surface area contributed by atoms with Gasteiger partial charge in [-0.25, -0.2) is 0 Å². The zero-order valence-electron chi connectivity index (χ0n) is 10.7. The third-order valence-electron chi connectivity index (χ3n) is 4.32. The normalized spacial score (nSPS) is 19.4. The van der Waals surface area contributed by atoms with Crippen molar-refractivity contribution in [1.29, 1.82) is 0 Å². The fourth-order valence-corrected chi connectivity index (χ4v) is 3.01. The quantitative estimate of drug-likeness (QED) is 0.800. The third kappa shape index (κ3) is 1.63. The zero-order chi connectivity index (χ0) is 12.8. The second kappa shape index (κ2) is 4.16. The van der Waals surface area contributed by atoms with Crippen molar-refractivity contribution in [3.63, 3.8) is 0 Å². The first-order chi connectivity index (χ1) is 9.34. The van der Waals surface area contributed by atoms with Crippen molar-refractivity contribution in [2.45, 2.75) is 38.8 Å². The van der Waals surface area contributed by atoms with Crippen molar-refractivity contribution in [3.8, 4) is 0 Å². The highest BCUT2D eigenvalue weighted by Gasteiger charge is 2.25. The number of hydrogen-bond donors (Lipinski definition) is 0. The molecule has 0 radical (unpaired) electrons. The number of aromatic nitrogens is 4. The number of nitrogens with zero attached hydrogens (tertiary/aromatic N) is 4. The molecule has 0 bridgehead atoms. The summed E-state index contributed by atoms with van der Waals surface area (Å²) in [5.74, 6) is 0.648. The van der Waals surface area contributed by atoms with Crippen molar-refractivity contribution in [3.05, 3.63) is 28.1 Å². The Morgan fingerprint density at radius 2 is 2.26 bits per heavy atom. The molecule has 4 rings (SSSR count). The van der Waals surface area contributed by atoms with Gasteiger partial charge < -0.3 is 9.30 Å². The predicted molar refractivity (Wildman–Crippen MR) is 67.9 cm³/mol. The maximum atomic E-state index is 12.5. The van der Waals surface area contributed by atoms with Crippen LogP contribution < -0.4 is 5.56 Å². The lowest BCUT2D eigenvalue weighted by atomic mass is 9.85. The van der Waals surface area contributed by atoms with Gasteiger partial charge in [0.2, 0.25) is 5.65 Å². The minimum Gasteiger partial charge on any atom is -0.375 e. The lowest BCUT2D eigenvalue weighted by Gasteiger charge is -2.29. The second-order valence-corrected chi connectivity index (χ2v) is 5.43. The van der Waals surface area contributed by atoms with Crippen LogP contribution in [0.1, 0.15) is 30.7 Å². The van der Waals surface area contributed by atoms with Crippen LogP contribution in [0, 0.1) is 5.92 Å². The van der Waals surface area contributed by atoms with Crippen molar-refractivity contribution in [1.82, 2.24) is 19.2 Å². The topological polar surface area (TPSA) is 61.4 Å². The lowest BCUT2D eigenvalue weighted by Crippen LogP contribution is -2.34. The zero-order valence-corrected chi connectivity index (χ0v) is 10.7. The molecule has 0 N–H and O–H groups in total. The van der Waals surface area contributed by atoms with E-state index >= 15 is 0 Å². The summed E-state index contributed by atoms with van der Waals surface area (Å²) in [5, 5.41) is 7.83. The smallest absolute Gasteiger partial charge is 0.296 e. The molecule has 1 fully saturated rings. The van der Waals surface area contributed by atoms with E-state index in [-0.39, 0.29) is 5.56 Å². The summed E-state index contributed by atoms with van der Waals surface area (Å²) in [5.41, 5.74) is 2.55. The highest BCUT2D eigenvalue weighted by Crippen LogP contribution is 2.28. The van der Waals surface area contributed by atoms with Gasteiger partial charge in [-0.2, -0.15) is 0 Å². The molecule has 2 aromatic heterocycles. The average molecular weight is 260 g/mol. The van der Waals surface area contributed by atoms with Crippen molar-refractivity contribution >= 4 is 5.65 Å². The first-order valence-electron chi connectivity index (χ1n) is 6.86. The van der Waals surface area contributed by atoms with Crippen molar-refractivity contribution < 1.29 is 4.74 Å². The largest absolute Gasteiger partial charge is 0.375 e. The van der Waals surface area contributed by atoms with Gasteiger partial charge in [0.1, 0.15) is 6.33 Å². The summed E-state index contributed by atoms with van der Waals surface area (Å²) in [6, 6.07) is 0. The van der Waals surface area contributed by atoms with E-state index < -0.39 is 0 Å². The van der Waals surface area contributed by atoms with E-state index in [1.165, 1.54) is 19.3 Å². The van der Waals surface area contributed by atoms with Gasteiger partial charge in [-0.1, -0.05) is 6.42 Å².